The predicted molar refractivity (Wildman–Crippen MR) is 49.6 cm³/mol. The van der Waals surface area contributed by atoms with E-state index in [9.17, 15) is 0 Å². The fourth-order valence-corrected chi connectivity index (χ4v) is 0. The Morgan fingerprint density at radius 2 is 0.471 bits per heavy atom. The Morgan fingerprint density at radius 1 is 0.471 bits per heavy atom. The molecule has 0 heterocycles. The van der Waals surface area contributed by atoms with E-state index in [2.05, 4.69) is 0 Å². The molecule has 0 aliphatic heterocycles. The van der Waals surface area contributed by atoms with Crippen LogP contribution in [-0.4, -0.2) is 54.0 Å². The van der Waals surface area contributed by atoms with Crippen molar-refractivity contribution in [3.8, 4) is 0 Å². The third kappa shape index (κ3) is 2550. The van der Waals surface area contributed by atoms with Gasteiger partial charge in [-0.15, -0.1) is 0 Å². The molecule has 0 radical (unpaired) electrons. The molecular weight excluding hydrogens is 364 g/mol. The van der Waals surface area contributed by atoms with Crippen molar-refractivity contribution < 1.29 is 81.3 Å². The summed E-state index contributed by atoms with van der Waals surface area (Å²) in [5.74, 6) is 0. The van der Waals surface area contributed by atoms with Crippen LogP contribution < -0.4 is 0 Å². The largest absolute Gasteiger partial charge is 2.00 e. The van der Waals surface area contributed by atoms with Crippen LogP contribution in [0.2, 0.25) is 0 Å². The van der Waals surface area contributed by atoms with Gasteiger partial charge in [0.15, 0.2) is 0 Å². The summed E-state index contributed by atoms with van der Waals surface area (Å²) in [6, 6.07) is 0. The molecule has 0 unspecified atom stereocenters. The first kappa shape index (κ1) is 144. The zero-order valence-electron chi connectivity index (χ0n) is 8.05. The SMILES string of the molecule is O.O.O.O.O.O.O.O.O=[N+]([O-])[O-].O=[N+]([O-])[O-].[Cd+2]. The van der Waals surface area contributed by atoms with Crippen LogP contribution in [0.25, 0.3) is 0 Å². The molecule has 0 atom stereocenters. The van der Waals surface area contributed by atoms with Gasteiger partial charge in [-0.2, -0.15) is 0 Å². The maximum absolute atomic E-state index is 8.25. The minimum absolute atomic E-state index is 0. The molecule has 112 valence electrons. The van der Waals surface area contributed by atoms with E-state index >= 15 is 0 Å². The fourth-order valence-electron chi connectivity index (χ4n) is 0. The van der Waals surface area contributed by atoms with Crippen LogP contribution in [0, 0.1) is 30.6 Å². The van der Waals surface area contributed by atoms with E-state index in [1.54, 1.807) is 0 Å². The molecule has 17 heavy (non-hydrogen) atoms. The maximum Gasteiger partial charge on any atom is 2.00 e. The summed E-state index contributed by atoms with van der Waals surface area (Å²) in [4.78, 5) is 16.5. The van der Waals surface area contributed by atoms with Crippen molar-refractivity contribution in [3.05, 3.63) is 30.6 Å². The van der Waals surface area contributed by atoms with E-state index < -0.39 is 10.2 Å². The molecule has 0 aromatic carbocycles. The Hall–Kier alpha value is -0.998. The first-order valence-electron chi connectivity index (χ1n) is 1.10. The van der Waals surface area contributed by atoms with E-state index in [0.717, 1.165) is 0 Å². The zero-order valence-corrected chi connectivity index (χ0v) is 12.1. The molecule has 0 saturated carbocycles. The second-order valence-electron chi connectivity index (χ2n) is 0.447. The molecule has 0 bridgehead atoms. The van der Waals surface area contributed by atoms with Gasteiger partial charge in [0.1, 0.15) is 0 Å². The smallest absolute Gasteiger partial charge is 0.412 e. The van der Waals surface area contributed by atoms with Crippen LogP contribution in [0.4, 0.5) is 0 Å². The fraction of sp³-hybridized carbons (Fsp3) is 0. The van der Waals surface area contributed by atoms with Crippen LogP contribution in [0.3, 0.4) is 0 Å². The summed E-state index contributed by atoms with van der Waals surface area (Å²) in [7, 11) is 0. The number of rotatable bonds is 0. The first-order chi connectivity index (χ1) is 3.46. The van der Waals surface area contributed by atoms with Gasteiger partial charge in [-0.1, -0.05) is 0 Å². The monoisotopic (exact) mass is 382 g/mol. The summed E-state index contributed by atoms with van der Waals surface area (Å²) in [5.41, 5.74) is 0. The molecular formula is H16CdN2O14. The van der Waals surface area contributed by atoms with Crippen molar-refractivity contribution in [1.29, 1.82) is 0 Å². The maximum atomic E-state index is 8.25. The van der Waals surface area contributed by atoms with E-state index in [1.165, 1.54) is 0 Å². The average molecular weight is 381 g/mol. The van der Waals surface area contributed by atoms with Crippen molar-refractivity contribution in [2.45, 2.75) is 0 Å². The van der Waals surface area contributed by atoms with Crippen LogP contribution >= 0.6 is 0 Å². The van der Waals surface area contributed by atoms with Gasteiger partial charge in [0.25, 0.3) is 0 Å². The third-order valence-corrected chi connectivity index (χ3v) is 0. The molecule has 17 heteroatoms. The summed E-state index contributed by atoms with van der Waals surface area (Å²) in [6.07, 6.45) is 0. The average Bonchev–Trinajstić information content (AvgIpc) is 1.25. The molecule has 0 fully saturated rings. The minimum atomic E-state index is -1.75. The predicted octanol–water partition coefficient (Wildman–Crippen LogP) is -7.08. The number of hydrogen-bond acceptors (Lipinski definition) is 6. The Morgan fingerprint density at radius 3 is 0.471 bits per heavy atom. The Kier molecular flexibility index (Phi) is 995. The number of nitrogens with zero attached hydrogens (tertiary/aromatic N) is 2. The van der Waals surface area contributed by atoms with Crippen LogP contribution in [0.15, 0.2) is 0 Å². The molecule has 0 amide bonds. The molecule has 0 aromatic heterocycles. The van der Waals surface area contributed by atoms with Crippen molar-refractivity contribution in [2.75, 3.05) is 0 Å². The Balaban J connectivity index is -0.00000000308. The molecule has 16 nitrogen and oxygen atoms in total. The second kappa shape index (κ2) is 118. The van der Waals surface area contributed by atoms with Gasteiger partial charge >= 0.3 is 27.3 Å². The van der Waals surface area contributed by atoms with E-state index in [1.807, 2.05) is 0 Å². The first-order valence-corrected chi connectivity index (χ1v) is 1.10. The van der Waals surface area contributed by atoms with Gasteiger partial charge in [0.05, 0.1) is 10.2 Å². The second-order valence-corrected chi connectivity index (χ2v) is 0.447. The molecule has 0 aliphatic rings. The standard InChI is InChI=1S/Cd.2NO3.8H2O/c;2*2-1(3)4;;;;;;;;/h;;;8*1H2/q+2;2*-1;;;;;;;;. The normalized spacial score (nSPS) is 2.82. The van der Waals surface area contributed by atoms with Crippen molar-refractivity contribution in [3.63, 3.8) is 0 Å². The molecule has 0 rings (SSSR count). The summed E-state index contributed by atoms with van der Waals surface area (Å²) < 4.78 is 0. The zero-order chi connectivity index (χ0) is 7.15. The molecule has 0 aliphatic carbocycles. The van der Waals surface area contributed by atoms with Gasteiger partial charge in [0.2, 0.25) is 0 Å². The van der Waals surface area contributed by atoms with Crippen molar-refractivity contribution >= 4 is 0 Å². The summed E-state index contributed by atoms with van der Waals surface area (Å²) >= 11 is 0. The Bertz CT molecular complexity index is 72.2. The van der Waals surface area contributed by atoms with Crippen LogP contribution in [-0.2, 0) is 27.3 Å². The van der Waals surface area contributed by atoms with Crippen LogP contribution in [0.1, 0.15) is 0 Å². The summed E-state index contributed by atoms with van der Waals surface area (Å²) in [5, 5.41) is 29.5. The minimum Gasteiger partial charge on any atom is -0.412 e. The van der Waals surface area contributed by atoms with Gasteiger partial charge in [-0.25, -0.2) is 0 Å². The van der Waals surface area contributed by atoms with Gasteiger partial charge < -0.3 is 74.5 Å². The van der Waals surface area contributed by atoms with Crippen molar-refractivity contribution in [1.82, 2.24) is 0 Å². The van der Waals surface area contributed by atoms with Gasteiger partial charge in [-0.3, -0.25) is 0 Å². The Labute approximate surface area is 112 Å². The van der Waals surface area contributed by atoms with E-state index in [-0.39, 0.29) is 71.1 Å². The molecule has 0 spiro atoms. The summed E-state index contributed by atoms with van der Waals surface area (Å²) in [6.45, 7) is 0. The quantitative estimate of drug-likeness (QED) is 0.222. The van der Waals surface area contributed by atoms with E-state index in [0.29, 0.717) is 0 Å². The van der Waals surface area contributed by atoms with Gasteiger partial charge in [-0.05, 0) is 0 Å². The van der Waals surface area contributed by atoms with Gasteiger partial charge in [0, 0.05) is 0 Å². The van der Waals surface area contributed by atoms with Crippen molar-refractivity contribution in [2.24, 2.45) is 0 Å². The molecule has 0 saturated heterocycles. The third-order valence-electron chi connectivity index (χ3n) is 0. The van der Waals surface area contributed by atoms with Crippen LogP contribution in [0.5, 0.6) is 0 Å². The molecule has 0 aromatic rings. The topological polar surface area (TPSA) is 384 Å². The molecule has 16 N–H and O–H groups in total. The number of hydrogen-bond donors (Lipinski definition) is 0. The van der Waals surface area contributed by atoms with E-state index in [4.69, 9.17) is 30.6 Å².